The summed E-state index contributed by atoms with van der Waals surface area (Å²) in [7, 11) is 0. The first-order chi connectivity index (χ1) is 7.72. The van der Waals surface area contributed by atoms with E-state index in [1.807, 2.05) is 23.9 Å². The minimum atomic E-state index is 0.329. The highest BCUT2D eigenvalue weighted by Crippen LogP contribution is 2.33. The molecule has 1 aromatic carbocycles. The first kappa shape index (κ1) is 12.6. The molecule has 2 unspecified atom stereocenters. The van der Waals surface area contributed by atoms with Gasteiger partial charge in [-0.1, -0.05) is 42.3 Å². The highest BCUT2D eigenvalue weighted by Gasteiger charge is 2.23. The summed E-state index contributed by atoms with van der Waals surface area (Å²) in [6.07, 6.45) is 1.15. The van der Waals surface area contributed by atoms with Gasteiger partial charge in [0.1, 0.15) is 0 Å². The number of halogens is 2. The van der Waals surface area contributed by atoms with Crippen LogP contribution in [-0.2, 0) is 0 Å². The maximum atomic E-state index is 6.24. The molecule has 1 aliphatic heterocycles. The average Bonchev–Trinajstić information content (AvgIpc) is 2.33. The van der Waals surface area contributed by atoms with E-state index in [0.29, 0.717) is 22.1 Å². The number of hydrogen-bond acceptors (Lipinski definition) is 2. The van der Waals surface area contributed by atoms with E-state index in [4.69, 9.17) is 23.2 Å². The minimum absolute atomic E-state index is 0.329. The normalized spacial score (nSPS) is 25.7. The van der Waals surface area contributed by atoms with Gasteiger partial charge in [-0.05, 0) is 18.1 Å². The van der Waals surface area contributed by atoms with Crippen molar-refractivity contribution in [1.29, 1.82) is 0 Å². The molecule has 1 aliphatic rings. The Hall–Kier alpha value is 0.110. The van der Waals surface area contributed by atoms with Crippen LogP contribution in [0.1, 0.15) is 24.9 Å². The molecular weight excluding hydrogens is 261 g/mol. The zero-order chi connectivity index (χ0) is 11.5. The van der Waals surface area contributed by atoms with Gasteiger partial charge >= 0.3 is 0 Å². The topological polar surface area (TPSA) is 12.0 Å². The minimum Gasteiger partial charge on any atom is -0.306 e. The van der Waals surface area contributed by atoms with Crippen molar-refractivity contribution in [3.63, 3.8) is 0 Å². The molecule has 1 saturated heterocycles. The van der Waals surface area contributed by atoms with Gasteiger partial charge in [-0.3, -0.25) is 0 Å². The summed E-state index contributed by atoms with van der Waals surface area (Å²) in [5, 5.41) is 4.96. The third kappa shape index (κ3) is 2.67. The largest absolute Gasteiger partial charge is 0.306 e. The van der Waals surface area contributed by atoms with Crippen molar-refractivity contribution >= 4 is 35.0 Å². The van der Waals surface area contributed by atoms with E-state index >= 15 is 0 Å². The summed E-state index contributed by atoms with van der Waals surface area (Å²) in [6.45, 7) is 2.21. The van der Waals surface area contributed by atoms with Gasteiger partial charge in [-0.2, -0.15) is 11.8 Å². The second-order valence-electron chi connectivity index (χ2n) is 4.00. The van der Waals surface area contributed by atoms with E-state index < -0.39 is 0 Å². The molecule has 2 rings (SSSR count). The van der Waals surface area contributed by atoms with Crippen LogP contribution in [0.25, 0.3) is 0 Å². The fraction of sp³-hybridized carbons (Fsp3) is 0.500. The maximum Gasteiger partial charge on any atom is 0.0640 e. The summed E-state index contributed by atoms with van der Waals surface area (Å²) < 4.78 is 0. The van der Waals surface area contributed by atoms with Gasteiger partial charge in [0.05, 0.1) is 10.0 Å². The summed E-state index contributed by atoms with van der Waals surface area (Å²) >= 11 is 14.3. The summed E-state index contributed by atoms with van der Waals surface area (Å²) in [4.78, 5) is 0. The average molecular weight is 276 g/mol. The number of hydrogen-bond donors (Lipinski definition) is 1. The van der Waals surface area contributed by atoms with Gasteiger partial charge in [-0.15, -0.1) is 0 Å². The fourth-order valence-corrected chi connectivity index (χ4v) is 3.62. The third-order valence-electron chi connectivity index (χ3n) is 2.89. The standard InChI is InChI=1S/C12H15Cl2NS/c1-2-8-6-16-7-11(15-8)9-4-3-5-10(13)12(9)14/h3-5,8,11,15H,2,6-7H2,1H3. The molecule has 1 heterocycles. The van der Waals surface area contributed by atoms with E-state index in [0.717, 1.165) is 17.7 Å². The zero-order valence-corrected chi connectivity index (χ0v) is 11.5. The van der Waals surface area contributed by atoms with Gasteiger partial charge in [0.25, 0.3) is 0 Å². The van der Waals surface area contributed by atoms with E-state index in [1.165, 1.54) is 5.75 Å². The highest BCUT2D eigenvalue weighted by molar-refractivity contribution is 7.99. The summed E-state index contributed by atoms with van der Waals surface area (Å²) in [6, 6.07) is 6.77. The van der Waals surface area contributed by atoms with Crippen molar-refractivity contribution < 1.29 is 0 Å². The van der Waals surface area contributed by atoms with Crippen LogP contribution < -0.4 is 5.32 Å². The number of nitrogens with one attached hydrogen (secondary N) is 1. The molecule has 4 heteroatoms. The second kappa shape index (κ2) is 5.63. The van der Waals surface area contributed by atoms with Gasteiger partial charge < -0.3 is 5.32 Å². The van der Waals surface area contributed by atoms with Crippen LogP contribution in [0.3, 0.4) is 0 Å². The van der Waals surface area contributed by atoms with Crippen molar-refractivity contribution in [1.82, 2.24) is 5.32 Å². The van der Waals surface area contributed by atoms with E-state index in [2.05, 4.69) is 18.3 Å². The molecule has 0 bridgehead atoms. The molecule has 1 N–H and O–H groups in total. The molecule has 1 aromatic rings. The van der Waals surface area contributed by atoms with Crippen molar-refractivity contribution in [3.8, 4) is 0 Å². The van der Waals surface area contributed by atoms with Crippen LogP contribution in [0.5, 0.6) is 0 Å². The van der Waals surface area contributed by atoms with E-state index in [-0.39, 0.29) is 0 Å². The monoisotopic (exact) mass is 275 g/mol. The predicted molar refractivity (Wildman–Crippen MR) is 73.7 cm³/mol. The zero-order valence-electron chi connectivity index (χ0n) is 9.17. The molecule has 1 fully saturated rings. The maximum absolute atomic E-state index is 6.24. The van der Waals surface area contributed by atoms with Gasteiger partial charge in [0.15, 0.2) is 0 Å². The Bertz CT molecular complexity index is 370. The number of rotatable bonds is 2. The van der Waals surface area contributed by atoms with Gasteiger partial charge in [-0.25, -0.2) is 0 Å². The fourth-order valence-electron chi connectivity index (χ4n) is 1.91. The SMILES string of the molecule is CCC1CSCC(c2cccc(Cl)c2Cl)N1. The Balaban J connectivity index is 2.20. The van der Waals surface area contributed by atoms with Crippen LogP contribution in [-0.4, -0.2) is 17.5 Å². The molecule has 0 amide bonds. The predicted octanol–water partition coefficient (Wildman–Crippen LogP) is 4.15. The van der Waals surface area contributed by atoms with Crippen molar-refractivity contribution in [2.75, 3.05) is 11.5 Å². The lowest BCUT2D eigenvalue weighted by atomic mass is 10.1. The molecule has 0 radical (unpaired) electrons. The molecule has 0 spiro atoms. The van der Waals surface area contributed by atoms with Crippen molar-refractivity contribution in [2.45, 2.75) is 25.4 Å². The molecular formula is C12H15Cl2NS. The summed E-state index contributed by atoms with van der Waals surface area (Å²) in [5.74, 6) is 2.25. The lowest BCUT2D eigenvalue weighted by Crippen LogP contribution is -2.39. The molecule has 0 saturated carbocycles. The van der Waals surface area contributed by atoms with Crippen LogP contribution in [0.15, 0.2) is 18.2 Å². The Morgan fingerprint density at radius 2 is 2.19 bits per heavy atom. The Kier molecular flexibility index (Phi) is 4.42. The summed E-state index contributed by atoms with van der Waals surface area (Å²) in [5.41, 5.74) is 1.12. The Morgan fingerprint density at radius 1 is 1.38 bits per heavy atom. The quantitative estimate of drug-likeness (QED) is 0.870. The molecule has 88 valence electrons. The van der Waals surface area contributed by atoms with Gasteiger partial charge in [0.2, 0.25) is 0 Å². The van der Waals surface area contributed by atoms with Crippen LogP contribution in [0.4, 0.5) is 0 Å². The van der Waals surface area contributed by atoms with E-state index in [1.54, 1.807) is 0 Å². The van der Waals surface area contributed by atoms with Gasteiger partial charge in [0, 0.05) is 23.6 Å². The molecule has 1 nitrogen and oxygen atoms in total. The van der Waals surface area contributed by atoms with Crippen molar-refractivity contribution in [2.24, 2.45) is 0 Å². The lowest BCUT2D eigenvalue weighted by Gasteiger charge is -2.31. The molecule has 2 atom stereocenters. The lowest BCUT2D eigenvalue weighted by molar-refractivity contribution is 0.466. The first-order valence-corrected chi connectivity index (χ1v) is 7.41. The second-order valence-corrected chi connectivity index (χ2v) is 5.87. The molecule has 16 heavy (non-hydrogen) atoms. The van der Waals surface area contributed by atoms with Crippen LogP contribution in [0.2, 0.25) is 10.0 Å². The first-order valence-electron chi connectivity index (χ1n) is 5.50. The van der Waals surface area contributed by atoms with Crippen molar-refractivity contribution in [3.05, 3.63) is 33.8 Å². The third-order valence-corrected chi connectivity index (χ3v) is 4.93. The Morgan fingerprint density at radius 3 is 2.94 bits per heavy atom. The van der Waals surface area contributed by atoms with Crippen LogP contribution >= 0.6 is 35.0 Å². The highest BCUT2D eigenvalue weighted by atomic mass is 35.5. The Labute approximate surface area is 111 Å². The molecule has 0 aliphatic carbocycles. The number of benzene rings is 1. The van der Waals surface area contributed by atoms with E-state index in [9.17, 15) is 0 Å². The van der Waals surface area contributed by atoms with Crippen LogP contribution in [0, 0.1) is 0 Å². The molecule has 0 aromatic heterocycles. The smallest absolute Gasteiger partial charge is 0.0640 e. The number of thioether (sulfide) groups is 1.